The van der Waals surface area contributed by atoms with Crippen molar-refractivity contribution < 1.29 is 14.7 Å². The number of carboxylic acid groups (broad SMARTS) is 1. The number of carbonyl (C=O) groups is 2. The molecule has 0 aliphatic heterocycles. The number of aliphatic carboxylic acids is 1. The van der Waals surface area contributed by atoms with Gasteiger partial charge < -0.3 is 10.4 Å². The molecule has 1 aromatic carbocycles. The van der Waals surface area contributed by atoms with Gasteiger partial charge in [0.15, 0.2) is 0 Å². The molecule has 2 rings (SSSR count). The maximum atomic E-state index is 12.6. The van der Waals surface area contributed by atoms with Crippen LogP contribution in [-0.2, 0) is 15.0 Å². The molecule has 1 fully saturated rings. The maximum absolute atomic E-state index is 12.6. The van der Waals surface area contributed by atoms with Gasteiger partial charge in [-0.05, 0) is 37.5 Å². The van der Waals surface area contributed by atoms with Gasteiger partial charge in [-0.15, -0.1) is 0 Å². The number of carbonyl (C=O) groups excluding carboxylic acids is 1. The number of nitrogens with one attached hydrogen (secondary N) is 1. The fourth-order valence-corrected chi connectivity index (χ4v) is 3.06. The lowest BCUT2D eigenvalue weighted by Crippen LogP contribution is -2.48. The van der Waals surface area contributed by atoms with E-state index < -0.39 is 17.4 Å². The first-order chi connectivity index (χ1) is 9.45. The third-order valence-electron chi connectivity index (χ3n) is 4.01. The van der Waals surface area contributed by atoms with Gasteiger partial charge in [0.25, 0.3) is 0 Å². The van der Waals surface area contributed by atoms with Crippen LogP contribution in [0, 0.1) is 0 Å². The van der Waals surface area contributed by atoms with Gasteiger partial charge in [0.05, 0.1) is 5.41 Å². The molecule has 1 atom stereocenters. The predicted octanol–water partition coefficient (Wildman–Crippen LogP) is 2.85. The summed E-state index contributed by atoms with van der Waals surface area (Å²) >= 11 is 3.39. The second kappa shape index (κ2) is 5.95. The summed E-state index contributed by atoms with van der Waals surface area (Å²) in [5.41, 5.74) is 0.387. The number of halogens is 1. The number of benzene rings is 1. The number of carboxylic acids is 1. The SMILES string of the molecule is CC(NC(=O)C1(c2ccc(Br)cc2)CCCC1)C(=O)O. The third kappa shape index (κ3) is 2.87. The molecule has 0 heterocycles. The van der Waals surface area contributed by atoms with Gasteiger partial charge in [0.2, 0.25) is 5.91 Å². The zero-order valence-electron chi connectivity index (χ0n) is 11.4. The average Bonchev–Trinajstić information content (AvgIpc) is 2.90. The molecule has 108 valence electrons. The Morgan fingerprint density at radius 1 is 1.25 bits per heavy atom. The monoisotopic (exact) mass is 339 g/mol. The van der Waals surface area contributed by atoms with Crippen LogP contribution in [0.15, 0.2) is 28.7 Å². The maximum Gasteiger partial charge on any atom is 0.325 e. The molecular formula is C15H18BrNO3. The van der Waals surface area contributed by atoms with Crippen molar-refractivity contribution in [3.63, 3.8) is 0 Å². The van der Waals surface area contributed by atoms with Crippen molar-refractivity contribution in [3.05, 3.63) is 34.3 Å². The van der Waals surface area contributed by atoms with E-state index in [1.165, 1.54) is 6.92 Å². The Morgan fingerprint density at radius 3 is 2.30 bits per heavy atom. The zero-order chi connectivity index (χ0) is 14.8. The highest BCUT2D eigenvalue weighted by atomic mass is 79.9. The van der Waals surface area contributed by atoms with Gasteiger partial charge >= 0.3 is 5.97 Å². The Hall–Kier alpha value is -1.36. The Labute approximate surface area is 126 Å². The van der Waals surface area contributed by atoms with Crippen molar-refractivity contribution in [1.29, 1.82) is 0 Å². The topological polar surface area (TPSA) is 66.4 Å². The van der Waals surface area contributed by atoms with E-state index in [4.69, 9.17) is 5.11 Å². The molecule has 1 aliphatic rings. The van der Waals surface area contributed by atoms with E-state index in [-0.39, 0.29) is 5.91 Å². The zero-order valence-corrected chi connectivity index (χ0v) is 12.9. The van der Waals surface area contributed by atoms with Crippen molar-refractivity contribution >= 4 is 27.8 Å². The molecule has 1 unspecified atom stereocenters. The lowest BCUT2D eigenvalue weighted by Gasteiger charge is -2.29. The minimum absolute atomic E-state index is 0.174. The molecule has 5 heteroatoms. The predicted molar refractivity (Wildman–Crippen MR) is 79.5 cm³/mol. The Balaban J connectivity index is 2.28. The van der Waals surface area contributed by atoms with E-state index in [1.807, 2.05) is 24.3 Å². The van der Waals surface area contributed by atoms with E-state index in [2.05, 4.69) is 21.2 Å². The summed E-state index contributed by atoms with van der Waals surface area (Å²) in [6, 6.07) is 6.86. The van der Waals surface area contributed by atoms with Gasteiger partial charge in [0.1, 0.15) is 6.04 Å². The van der Waals surface area contributed by atoms with E-state index in [1.54, 1.807) is 0 Å². The molecule has 0 radical (unpaired) electrons. The highest BCUT2D eigenvalue weighted by Crippen LogP contribution is 2.41. The summed E-state index contributed by atoms with van der Waals surface area (Å²) in [4.78, 5) is 23.5. The number of rotatable bonds is 4. The number of amides is 1. The molecule has 0 bridgehead atoms. The second-order valence-corrected chi connectivity index (χ2v) is 6.25. The normalized spacial score (nSPS) is 18.5. The highest BCUT2D eigenvalue weighted by molar-refractivity contribution is 9.10. The smallest absolute Gasteiger partial charge is 0.325 e. The summed E-state index contributed by atoms with van der Waals surface area (Å²) in [6.45, 7) is 1.49. The Bertz CT molecular complexity index is 506. The standard InChI is InChI=1S/C15H18BrNO3/c1-10(13(18)19)17-14(20)15(8-2-3-9-15)11-4-6-12(16)7-5-11/h4-7,10H,2-3,8-9H2,1H3,(H,17,20)(H,18,19). The first-order valence-corrected chi connectivity index (χ1v) is 7.55. The third-order valence-corrected chi connectivity index (χ3v) is 4.54. The lowest BCUT2D eigenvalue weighted by atomic mass is 9.78. The van der Waals surface area contributed by atoms with Gasteiger partial charge in [0, 0.05) is 4.47 Å². The van der Waals surface area contributed by atoms with Crippen molar-refractivity contribution in [3.8, 4) is 0 Å². The van der Waals surface area contributed by atoms with Crippen LogP contribution in [0.2, 0.25) is 0 Å². The summed E-state index contributed by atoms with van der Waals surface area (Å²) in [6.07, 6.45) is 3.52. The van der Waals surface area contributed by atoms with E-state index in [0.717, 1.165) is 35.7 Å². The molecule has 1 aliphatic carbocycles. The van der Waals surface area contributed by atoms with Crippen LogP contribution in [0.1, 0.15) is 38.2 Å². The van der Waals surface area contributed by atoms with Crippen LogP contribution >= 0.6 is 15.9 Å². The van der Waals surface area contributed by atoms with Gasteiger partial charge in [-0.1, -0.05) is 40.9 Å². The Morgan fingerprint density at radius 2 is 1.80 bits per heavy atom. The summed E-state index contributed by atoms with van der Waals surface area (Å²) < 4.78 is 0.966. The summed E-state index contributed by atoms with van der Waals surface area (Å²) in [5.74, 6) is -1.19. The molecule has 0 saturated heterocycles. The molecular weight excluding hydrogens is 322 g/mol. The molecule has 1 saturated carbocycles. The van der Waals surface area contributed by atoms with Crippen molar-refractivity contribution in [1.82, 2.24) is 5.32 Å². The minimum Gasteiger partial charge on any atom is -0.480 e. The fraction of sp³-hybridized carbons (Fsp3) is 0.467. The summed E-state index contributed by atoms with van der Waals surface area (Å²) in [5, 5.41) is 11.6. The first kappa shape index (κ1) is 15.0. The largest absolute Gasteiger partial charge is 0.480 e. The van der Waals surface area contributed by atoms with Crippen LogP contribution in [0.3, 0.4) is 0 Å². The molecule has 0 aromatic heterocycles. The lowest BCUT2D eigenvalue weighted by molar-refractivity contribution is -0.142. The summed E-state index contributed by atoms with van der Waals surface area (Å²) in [7, 11) is 0. The fourth-order valence-electron chi connectivity index (χ4n) is 2.79. The minimum atomic E-state index is -1.01. The molecule has 20 heavy (non-hydrogen) atoms. The van der Waals surface area contributed by atoms with Crippen molar-refractivity contribution in [2.24, 2.45) is 0 Å². The molecule has 0 spiro atoms. The average molecular weight is 340 g/mol. The van der Waals surface area contributed by atoms with Crippen LogP contribution in [0.4, 0.5) is 0 Å². The molecule has 1 aromatic rings. The van der Waals surface area contributed by atoms with E-state index in [0.29, 0.717) is 0 Å². The van der Waals surface area contributed by atoms with Crippen molar-refractivity contribution in [2.75, 3.05) is 0 Å². The van der Waals surface area contributed by atoms with Crippen LogP contribution < -0.4 is 5.32 Å². The van der Waals surface area contributed by atoms with Crippen LogP contribution in [-0.4, -0.2) is 23.0 Å². The molecule has 4 nitrogen and oxygen atoms in total. The van der Waals surface area contributed by atoms with E-state index in [9.17, 15) is 9.59 Å². The first-order valence-electron chi connectivity index (χ1n) is 6.75. The van der Waals surface area contributed by atoms with Crippen LogP contribution in [0.5, 0.6) is 0 Å². The number of hydrogen-bond acceptors (Lipinski definition) is 2. The highest BCUT2D eigenvalue weighted by Gasteiger charge is 2.43. The van der Waals surface area contributed by atoms with Gasteiger partial charge in [-0.25, -0.2) is 0 Å². The van der Waals surface area contributed by atoms with Gasteiger partial charge in [-0.3, -0.25) is 9.59 Å². The molecule has 2 N–H and O–H groups in total. The van der Waals surface area contributed by atoms with Gasteiger partial charge in [-0.2, -0.15) is 0 Å². The van der Waals surface area contributed by atoms with Crippen molar-refractivity contribution in [2.45, 2.75) is 44.1 Å². The Kier molecular flexibility index (Phi) is 4.48. The number of hydrogen-bond donors (Lipinski definition) is 2. The quantitative estimate of drug-likeness (QED) is 0.886. The molecule has 1 amide bonds. The van der Waals surface area contributed by atoms with E-state index >= 15 is 0 Å². The van der Waals surface area contributed by atoms with Crippen LogP contribution in [0.25, 0.3) is 0 Å². The second-order valence-electron chi connectivity index (χ2n) is 5.33.